The van der Waals surface area contributed by atoms with Crippen LogP contribution in [-0.4, -0.2) is 17.7 Å². The van der Waals surface area contributed by atoms with Crippen molar-refractivity contribution < 1.29 is 45.1 Å². The van der Waals surface area contributed by atoms with Gasteiger partial charge in [0, 0.05) is 21.2 Å². The lowest BCUT2D eigenvalue weighted by Crippen LogP contribution is -2.30. The van der Waals surface area contributed by atoms with Crippen molar-refractivity contribution in [1.29, 1.82) is 0 Å². The highest BCUT2D eigenvalue weighted by atomic mass is 35.5. The Bertz CT molecular complexity index is 2140. The molecule has 0 heterocycles. The molecule has 0 spiro atoms. The van der Waals surface area contributed by atoms with E-state index in [9.17, 15) is 45.1 Å². The van der Waals surface area contributed by atoms with Gasteiger partial charge in [0.2, 0.25) is 5.91 Å². The number of benzene rings is 5. The highest BCUT2D eigenvalue weighted by Gasteiger charge is 2.43. The zero-order valence-corrected chi connectivity index (χ0v) is 27.8. The second-order valence-corrected chi connectivity index (χ2v) is 12.4. The van der Waals surface area contributed by atoms with Gasteiger partial charge in [-0.25, -0.2) is 17.6 Å². The average Bonchev–Trinajstić information content (AvgIpc) is 3.11. The van der Waals surface area contributed by atoms with Gasteiger partial charge in [0.1, 0.15) is 22.2 Å². The molecule has 1 atom stereocenters. The van der Waals surface area contributed by atoms with Crippen LogP contribution >= 0.6 is 23.4 Å². The Morgan fingerprint density at radius 3 is 1.94 bits per heavy atom. The van der Waals surface area contributed by atoms with Gasteiger partial charge in [-0.15, -0.1) is 11.8 Å². The summed E-state index contributed by atoms with van der Waals surface area (Å²) in [5.74, 6) is -12.9. The Hall–Kier alpha value is -5.60. The van der Waals surface area contributed by atoms with Crippen LogP contribution in [0.4, 0.5) is 42.1 Å². The summed E-state index contributed by atoms with van der Waals surface area (Å²) in [6.07, 6.45) is -4.36. The minimum atomic E-state index is -5.76. The predicted octanol–water partition coefficient (Wildman–Crippen LogP) is 9.80. The van der Waals surface area contributed by atoms with E-state index in [0.29, 0.717) is 15.5 Å². The number of alkyl halides is 3. The SMILES string of the molecule is O=C(Nc1cccc(SC(C(=O)Nc2c(F)c(F)c(C(F)(F)F)c(F)c2F)c2ccccc2)c1)/C(=C/c1cccc(Cl)c1)NC(=O)c1ccccc1. The monoisotopic (exact) mass is 757 g/mol. The molecule has 3 amide bonds. The van der Waals surface area contributed by atoms with E-state index in [-0.39, 0.29) is 22.5 Å². The Labute approximate surface area is 300 Å². The molecule has 0 aliphatic heterocycles. The summed E-state index contributed by atoms with van der Waals surface area (Å²) in [6, 6.07) is 28.2. The van der Waals surface area contributed by atoms with E-state index in [4.69, 9.17) is 11.6 Å². The van der Waals surface area contributed by atoms with Crippen molar-refractivity contribution in [2.24, 2.45) is 0 Å². The number of hydrogen-bond acceptors (Lipinski definition) is 4. The molecule has 0 aromatic heterocycles. The topological polar surface area (TPSA) is 87.3 Å². The predicted molar refractivity (Wildman–Crippen MR) is 183 cm³/mol. The van der Waals surface area contributed by atoms with Crippen molar-refractivity contribution in [1.82, 2.24) is 5.32 Å². The van der Waals surface area contributed by atoms with Crippen molar-refractivity contribution in [2.45, 2.75) is 16.3 Å². The Balaban J connectivity index is 1.42. The largest absolute Gasteiger partial charge is 0.422 e. The quantitative estimate of drug-likeness (QED) is 0.0573. The number of amides is 3. The maximum absolute atomic E-state index is 14.7. The molecule has 0 saturated heterocycles. The van der Waals surface area contributed by atoms with Crippen LogP contribution in [0, 0.1) is 23.3 Å². The second-order valence-electron chi connectivity index (χ2n) is 10.8. The molecule has 0 bridgehead atoms. The van der Waals surface area contributed by atoms with E-state index in [1.165, 1.54) is 54.6 Å². The maximum atomic E-state index is 14.7. The van der Waals surface area contributed by atoms with Crippen LogP contribution in [0.2, 0.25) is 5.02 Å². The van der Waals surface area contributed by atoms with E-state index < -0.39 is 63.7 Å². The average molecular weight is 758 g/mol. The van der Waals surface area contributed by atoms with E-state index in [1.54, 1.807) is 66.0 Å². The Morgan fingerprint density at radius 2 is 1.33 bits per heavy atom. The lowest BCUT2D eigenvalue weighted by Gasteiger charge is -2.19. The summed E-state index contributed by atoms with van der Waals surface area (Å²) >= 11 is 6.89. The lowest BCUT2D eigenvalue weighted by atomic mass is 10.1. The summed E-state index contributed by atoms with van der Waals surface area (Å²) < 4.78 is 97.2. The summed E-state index contributed by atoms with van der Waals surface area (Å²) in [7, 11) is 0. The number of nitrogens with one attached hydrogen (secondary N) is 3. The van der Waals surface area contributed by atoms with Crippen molar-refractivity contribution in [2.75, 3.05) is 10.6 Å². The molecular weight excluding hydrogens is 735 g/mol. The molecule has 6 nitrogen and oxygen atoms in total. The van der Waals surface area contributed by atoms with Crippen LogP contribution in [0.25, 0.3) is 6.08 Å². The van der Waals surface area contributed by atoms with Gasteiger partial charge in [0.25, 0.3) is 11.8 Å². The molecule has 0 fully saturated rings. The molecule has 5 rings (SSSR count). The maximum Gasteiger partial charge on any atom is 0.422 e. The van der Waals surface area contributed by atoms with Crippen molar-refractivity contribution >= 4 is 58.5 Å². The van der Waals surface area contributed by atoms with Crippen LogP contribution < -0.4 is 16.0 Å². The molecule has 3 N–H and O–H groups in total. The number of halogens is 8. The van der Waals surface area contributed by atoms with Gasteiger partial charge in [-0.05, 0) is 59.7 Å². The van der Waals surface area contributed by atoms with Gasteiger partial charge in [0.15, 0.2) is 23.3 Å². The third-order valence-corrected chi connectivity index (χ3v) is 8.65. The zero-order chi connectivity index (χ0) is 37.6. The highest BCUT2D eigenvalue weighted by Crippen LogP contribution is 2.41. The van der Waals surface area contributed by atoms with E-state index >= 15 is 0 Å². The first-order valence-corrected chi connectivity index (χ1v) is 16.2. The van der Waals surface area contributed by atoms with E-state index in [0.717, 1.165) is 11.8 Å². The van der Waals surface area contributed by atoms with Gasteiger partial charge in [-0.1, -0.05) is 78.3 Å². The van der Waals surface area contributed by atoms with Gasteiger partial charge < -0.3 is 16.0 Å². The molecule has 52 heavy (non-hydrogen) atoms. The number of thioether (sulfide) groups is 1. The third-order valence-electron chi connectivity index (χ3n) is 7.17. The molecule has 0 radical (unpaired) electrons. The number of hydrogen-bond donors (Lipinski definition) is 3. The number of anilines is 2. The summed E-state index contributed by atoms with van der Waals surface area (Å²) in [6.45, 7) is 0. The van der Waals surface area contributed by atoms with Crippen LogP contribution in [-0.2, 0) is 15.8 Å². The van der Waals surface area contributed by atoms with Gasteiger partial charge in [-0.3, -0.25) is 14.4 Å². The normalized spacial score (nSPS) is 12.2. The van der Waals surface area contributed by atoms with Crippen molar-refractivity contribution in [3.8, 4) is 0 Å². The molecule has 0 aliphatic rings. The highest BCUT2D eigenvalue weighted by molar-refractivity contribution is 8.00. The van der Waals surface area contributed by atoms with E-state index in [1.807, 2.05) is 0 Å². The first kappa shape index (κ1) is 37.7. The van der Waals surface area contributed by atoms with Crippen LogP contribution in [0.15, 0.2) is 120 Å². The summed E-state index contributed by atoms with van der Waals surface area (Å²) in [4.78, 5) is 40.2. The first-order valence-electron chi connectivity index (χ1n) is 14.9. The molecule has 5 aromatic carbocycles. The molecule has 0 aliphatic carbocycles. The fourth-order valence-corrected chi connectivity index (χ4v) is 6.05. The standard InChI is InChI=1S/C37H23ClF7N3O3S/c38-23-14-7-9-20(17-23)18-26(47-34(49)22-12-5-2-6-13-22)35(50)46-24-15-8-16-25(19-24)52-33(21-10-3-1-4-11-21)36(51)48-32-30(41)28(39)27(37(43,44)45)29(40)31(32)42/h1-19,33H,(H,46,50)(H,47,49)(H,48,51)/b26-18-. The zero-order valence-electron chi connectivity index (χ0n) is 26.2. The minimum Gasteiger partial charge on any atom is -0.321 e. The third kappa shape index (κ3) is 9.00. The fraction of sp³-hybridized carbons (Fsp3) is 0.0541. The van der Waals surface area contributed by atoms with Crippen molar-refractivity contribution in [3.63, 3.8) is 0 Å². The number of carbonyl (C=O) groups excluding carboxylic acids is 3. The van der Waals surface area contributed by atoms with Gasteiger partial charge >= 0.3 is 6.18 Å². The molecule has 15 heteroatoms. The summed E-state index contributed by atoms with van der Waals surface area (Å²) in [5.41, 5.74) is -3.49. The van der Waals surface area contributed by atoms with Gasteiger partial charge in [-0.2, -0.15) is 13.2 Å². The molecule has 5 aromatic rings. The van der Waals surface area contributed by atoms with Crippen LogP contribution in [0.1, 0.15) is 32.3 Å². The van der Waals surface area contributed by atoms with E-state index in [2.05, 4.69) is 10.6 Å². The molecule has 0 saturated carbocycles. The second kappa shape index (κ2) is 16.2. The molecular formula is C37H23ClF7N3O3S. The fourth-order valence-electron chi connectivity index (χ4n) is 4.77. The smallest absolute Gasteiger partial charge is 0.321 e. The molecule has 266 valence electrons. The van der Waals surface area contributed by atoms with Crippen molar-refractivity contribution in [3.05, 3.63) is 165 Å². The number of rotatable bonds is 10. The summed E-state index contributed by atoms with van der Waals surface area (Å²) in [5, 5.41) is 5.93. The Kier molecular flexibility index (Phi) is 11.7. The number of carbonyl (C=O) groups is 3. The Morgan fingerprint density at radius 1 is 0.712 bits per heavy atom. The lowest BCUT2D eigenvalue weighted by molar-refractivity contribution is -0.143. The first-order chi connectivity index (χ1) is 24.7. The van der Waals surface area contributed by atoms with Crippen LogP contribution in [0.5, 0.6) is 0 Å². The van der Waals surface area contributed by atoms with Gasteiger partial charge in [0.05, 0.1) is 0 Å². The molecule has 1 unspecified atom stereocenters. The van der Waals surface area contributed by atoms with Crippen LogP contribution in [0.3, 0.4) is 0 Å². The minimum absolute atomic E-state index is 0.157.